The second kappa shape index (κ2) is 7.06. The predicted molar refractivity (Wildman–Crippen MR) is 80.4 cm³/mol. The SMILES string of the molecule is CC(C)NCCCC(=O)N1CCCC1c1cccs1. The van der Waals surface area contributed by atoms with Crippen molar-refractivity contribution >= 4 is 17.2 Å². The molecule has 2 heterocycles. The third-order valence-corrected chi connectivity index (χ3v) is 4.54. The van der Waals surface area contributed by atoms with E-state index < -0.39 is 0 Å². The number of thiophene rings is 1. The Kier molecular flexibility index (Phi) is 5.40. The average molecular weight is 280 g/mol. The lowest BCUT2D eigenvalue weighted by molar-refractivity contribution is -0.132. The molecule has 3 nitrogen and oxygen atoms in total. The van der Waals surface area contributed by atoms with E-state index in [1.165, 1.54) is 4.88 Å². The van der Waals surface area contributed by atoms with E-state index in [-0.39, 0.29) is 0 Å². The van der Waals surface area contributed by atoms with Crippen molar-refractivity contribution in [2.24, 2.45) is 0 Å². The van der Waals surface area contributed by atoms with Gasteiger partial charge >= 0.3 is 0 Å². The minimum absolute atomic E-state index is 0.321. The molecule has 1 atom stereocenters. The molecule has 1 aliphatic rings. The number of amides is 1. The van der Waals surface area contributed by atoms with Crippen molar-refractivity contribution in [3.8, 4) is 0 Å². The van der Waals surface area contributed by atoms with E-state index in [2.05, 4.69) is 41.6 Å². The fraction of sp³-hybridized carbons (Fsp3) is 0.667. The molecular weight excluding hydrogens is 256 g/mol. The number of likely N-dealkylation sites (tertiary alicyclic amines) is 1. The predicted octanol–water partition coefficient (Wildman–Crippen LogP) is 3.19. The summed E-state index contributed by atoms with van der Waals surface area (Å²) in [6, 6.07) is 5.07. The number of nitrogens with one attached hydrogen (secondary N) is 1. The van der Waals surface area contributed by atoms with E-state index >= 15 is 0 Å². The van der Waals surface area contributed by atoms with Crippen LogP contribution < -0.4 is 5.32 Å². The monoisotopic (exact) mass is 280 g/mol. The van der Waals surface area contributed by atoms with Crippen LogP contribution in [0.4, 0.5) is 0 Å². The van der Waals surface area contributed by atoms with Crippen LogP contribution in [0.2, 0.25) is 0 Å². The highest BCUT2D eigenvalue weighted by Crippen LogP contribution is 2.34. The van der Waals surface area contributed by atoms with Gasteiger partial charge in [0.1, 0.15) is 0 Å². The molecule has 0 spiro atoms. The number of carbonyl (C=O) groups excluding carboxylic acids is 1. The van der Waals surface area contributed by atoms with Gasteiger partial charge in [0.05, 0.1) is 6.04 Å². The number of hydrogen-bond donors (Lipinski definition) is 1. The van der Waals surface area contributed by atoms with Gasteiger partial charge in [-0.25, -0.2) is 0 Å². The van der Waals surface area contributed by atoms with Gasteiger partial charge in [-0.15, -0.1) is 11.3 Å². The first kappa shape index (κ1) is 14.5. The van der Waals surface area contributed by atoms with Crippen LogP contribution in [0.1, 0.15) is 50.4 Å². The molecule has 0 saturated carbocycles. The highest BCUT2D eigenvalue weighted by atomic mass is 32.1. The smallest absolute Gasteiger partial charge is 0.223 e. The van der Waals surface area contributed by atoms with Gasteiger partial charge < -0.3 is 10.2 Å². The summed E-state index contributed by atoms with van der Waals surface area (Å²) in [6.45, 7) is 6.13. The second-order valence-corrected chi connectivity index (χ2v) is 6.45. The molecule has 1 aromatic heterocycles. The molecule has 0 aliphatic carbocycles. The number of rotatable bonds is 6. The topological polar surface area (TPSA) is 32.3 Å². The van der Waals surface area contributed by atoms with Gasteiger partial charge in [0, 0.05) is 23.9 Å². The highest BCUT2D eigenvalue weighted by Gasteiger charge is 2.29. The molecule has 1 amide bonds. The first-order chi connectivity index (χ1) is 9.18. The highest BCUT2D eigenvalue weighted by molar-refractivity contribution is 7.10. The number of nitrogens with zero attached hydrogens (tertiary/aromatic N) is 1. The van der Waals surface area contributed by atoms with Crippen molar-refractivity contribution in [2.45, 2.75) is 51.6 Å². The van der Waals surface area contributed by atoms with E-state index in [1.54, 1.807) is 11.3 Å². The lowest BCUT2D eigenvalue weighted by Crippen LogP contribution is -2.31. The van der Waals surface area contributed by atoms with Crippen LogP contribution >= 0.6 is 11.3 Å². The summed E-state index contributed by atoms with van der Waals surface area (Å²) in [5, 5.41) is 5.46. The van der Waals surface area contributed by atoms with Gasteiger partial charge in [-0.05, 0) is 37.3 Å². The van der Waals surface area contributed by atoms with Crippen molar-refractivity contribution in [3.63, 3.8) is 0 Å². The third-order valence-electron chi connectivity index (χ3n) is 3.56. The summed E-state index contributed by atoms with van der Waals surface area (Å²) < 4.78 is 0. The summed E-state index contributed by atoms with van der Waals surface area (Å²) in [5.41, 5.74) is 0. The largest absolute Gasteiger partial charge is 0.335 e. The van der Waals surface area contributed by atoms with Crippen LogP contribution in [0.5, 0.6) is 0 Å². The molecule has 19 heavy (non-hydrogen) atoms. The van der Waals surface area contributed by atoms with E-state index in [0.29, 0.717) is 24.4 Å². The van der Waals surface area contributed by atoms with Crippen LogP contribution in [0, 0.1) is 0 Å². The van der Waals surface area contributed by atoms with Gasteiger partial charge in [0.25, 0.3) is 0 Å². The molecule has 1 aromatic rings. The molecule has 1 aliphatic heterocycles. The van der Waals surface area contributed by atoms with Crippen LogP contribution in [-0.4, -0.2) is 29.9 Å². The Labute approximate surface area is 120 Å². The van der Waals surface area contributed by atoms with Crippen LogP contribution in [0.3, 0.4) is 0 Å². The number of hydrogen-bond acceptors (Lipinski definition) is 3. The molecule has 4 heteroatoms. The Morgan fingerprint density at radius 2 is 2.42 bits per heavy atom. The summed E-state index contributed by atoms with van der Waals surface area (Å²) in [7, 11) is 0. The Morgan fingerprint density at radius 1 is 1.58 bits per heavy atom. The Balaban J connectivity index is 1.81. The van der Waals surface area contributed by atoms with E-state index in [4.69, 9.17) is 0 Å². The quantitative estimate of drug-likeness (QED) is 0.812. The van der Waals surface area contributed by atoms with Gasteiger partial charge in [-0.1, -0.05) is 19.9 Å². The zero-order chi connectivity index (χ0) is 13.7. The standard InChI is InChI=1S/C15H24N2OS/c1-12(2)16-9-3-8-15(18)17-10-4-6-13(17)14-7-5-11-19-14/h5,7,11-13,16H,3-4,6,8-10H2,1-2H3. The minimum atomic E-state index is 0.321. The van der Waals surface area contributed by atoms with E-state index in [1.807, 2.05) is 0 Å². The van der Waals surface area contributed by atoms with Crippen molar-refractivity contribution in [1.29, 1.82) is 0 Å². The Morgan fingerprint density at radius 3 is 3.11 bits per heavy atom. The molecule has 0 bridgehead atoms. The van der Waals surface area contributed by atoms with Crippen molar-refractivity contribution in [2.75, 3.05) is 13.1 Å². The summed E-state index contributed by atoms with van der Waals surface area (Å²) in [6.07, 6.45) is 3.86. The molecule has 106 valence electrons. The molecular formula is C15H24N2OS. The van der Waals surface area contributed by atoms with E-state index in [0.717, 1.165) is 32.4 Å². The maximum atomic E-state index is 12.3. The fourth-order valence-electron chi connectivity index (χ4n) is 2.62. The molecule has 1 saturated heterocycles. The van der Waals surface area contributed by atoms with Gasteiger partial charge in [0.2, 0.25) is 5.91 Å². The Hall–Kier alpha value is -0.870. The third kappa shape index (κ3) is 4.05. The molecule has 1 fully saturated rings. The van der Waals surface area contributed by atoms with Crippen LogP contribution in [0.15, 0.2) is 17.5 Å². The second-order valence-electron chi connectivity index (χ2n) is 5.47. The summed E-state index contributed by atoms with van der Waals surface area (Å²) in [4.78, 5) is 15.7. The average Bonchev–Trinajstić information content (AvgIpc) is 3.02. The molecule has 0 radical (unpaired) electrons. The zero-order valence-electron chi connectivity index (χ0n) is 11.9. The zero-order valence-corrected chi connectivity index (χ0v) is 12.7. The maximum absolute atomic E-state index is 12.3. The Bertz CT molecular complexity index is 389. The lowest BCUT2D eigenvalue weighted by atomic mass is 10.1. The van der Waals surface area contributed by atoms with Crippen molar-refractivity contribution in [3.05, 3.63) is 22.4 Å². The molecule has 1 unspecified atom stereocenters. The summed E-state index contributed by atoms with van der Waals surface area (Å²) in [5.74, 6) is 0.321. The van der Waals surface area contributed by atoms with Crippen LogP contribution in [-0.2, 0) is 4.79 Å². The van der Waals surface area contributed by atoms with Crippen molar-refractivity contribution < 1.29 is 4.79 Å². The first-order valence-corrected chi connectivity index (χ1v) is 8.12. The summed E-state index contributed by atoms with van der Waals surface area (Å²) >= 11 is 1.77. The van der Waals surface area contributed by atoms with Gasteiger partial charge in [-0.3, -0.25) is 4.79 Å². The first-order valence-electron chi connectivity index (χ1n) is 7.24. The minimum Gasteiger partial charge on any atom is -0.335 e. The van der Waals surface area contributed by atoms with E-state index in [9.17, 15) is 4.79 Å². The van der Waals surface area contributed by atoms with Gasteiger partial charge in [-0.2, -0.15) is 0 Å². The molecule has 1 N–H and O–H groups in total. The molecule has 0 aromatic carbocycles. The normalized spacial score (nSPS) is 19.3. The fourth-order valence-corrected chi connectivity index (χ4v) is 3.49. The van der Waals surface area contributed by atoms with Crippen molar-refractivity contribution in [1.82, 2.24) is 10.2 Å². The number of carbonyl (C=O) groups is 1. The van der Waals surface area contributed by atoms with Crippen LogP contribution in [0.25, 0.3) is 0 Å². The lowest BCUT2D eigenvalue weighted by Gasteiger charge is -2.24. The van der Waals surface area contributed by atoms with Gasteiger partial charge in [0.15, 0.2) is 0 Å². The maximum Gasteiger partial charge on any atom is 0.223 e. The molecule has 2 rings (SSSR count).